The minimum atomic E-state index is -4.06. The summed E-state index contributed by atoms with van der Waals surface area (Å²) in [5, 5.41) is 27.9. The predicted octanol–water partition coefficient (Wildman–Crippen LogP) is 9.17. The number of anilines is 3. The van der Waals surface area contributed by atoms with E-state index in [2.05, 4.69) is 57.0 Å². The summed E-state index contributed by atoms with van der Waals surface area (Å²) in [5.41, 5.74) is 8.55. The van der Waals surface area contributed by atoms with Gasteiger partial charge in [-0.2, -0.15) is 10.5 Å². The van der Waals surface area contributed by atoms with Gasteiger partial charge in [0.2, 0.25) is 0 Å². The van der Waals surface area contributed by atoms with Crippen LogP contribution in [0.15, 0.2) is 69.6 Å². The third-order valence-electron chi connectivity index (χ3n) is 9.60. The first-order valence-electron chi connectivity index (χ1n) is 19.1. The Kier molecular flexibility index (Phi) is 12.9. The normalized spacial score (nSPS) is 13.6. The molecule has 1 aliphatic heterocycles. The van der Waals surface area contributed by atoms with E-state index in [9.17, 15) is 18.9 Å². The summed E-state index contributed by atoms with van der Waals surface area (Å²) in [5.74, 6) is 0.708. The van der Waals surface area contributed by atoms with Gasteiger partial charge in [0.05, 0.1) is 25.0 Å². The average Bonchev–Trinajstić information content (AvgIpc) is 3.70. The predicted molar refractivity (Wildman–Crippen MR) is 235 cm³/mol. The summed E-state index contributed by atoms with van der Waals surface area (Å²) < 4.78 is 36.2. The molecule has 1 aliphatic rings. The van der Waals surface area contributed by atoms with Crippen LogP contribution in [0.2, 0.25) is 0 Å². The van der Waals surface area contributed by atoms with Gasteiger partial charge >= 0.3 is 245 Å². The maximum absolute atomic E-state index is 14.1. The first-order chi connectivity index (χ1) is 27.2. The first-order valence-corrected chi connectivity index (χ1v) is 21.0. The zero-order valence-corrected chi connectivity index (χ0v) is 36.6. The number of sulfonamides is 1. The van der Waals surface area contributed by atoms with E-state index in [4.69, 9.17) is 37.0 Å². The number of nitriles is 2. The fraction of sp³-hybridized carbons (Fsp3) is 0.429. The third kappa shape index (κ3) is 10.3. The summed E-state index contributed by atoms with van der Waals surface area (Å²) in [7, 11) is -4.06. The van der Waals surface area contributed by atoms with Crippen LogP contribution in [0.5, 0.6) is 0 Å². The molecule has 0 aliphatic carbocycles. The number of fused-ring (bicyclic) bond motifs is 1. The molecular formula is C42H51BN10O3S2. The van der Waals surface area contributed by atoms with Crippen molar-refractivity contribution in [3.63, 3.8) is 0 Å². The van der Waals surface area contributed by atoms with Gasteiger partial charge in [-0.05, 0) is 24.5 Å². The van der Waals surface area contributed by atoms with E-state index in [1.54, 1.807) is 31.2 Å². The molecule has 3 aromatic carbocycles. The van der Waals surface area contributed by atoms with Gasteiger partial charge in [-0.1, -0.05) is 20.8 Å². The topological polar surface area (TPSA) is 174 Å². The Morgan fingerprint density at radius 2 is 1.59 bits per heavy atom. The Morgan fingerprint density at radius 1 is 0.914 bits per heavy atom. The fourth-order valence-electron chi connectivity index (χ4n) is 7.24. The van der Waals surface area contributed by atoms with E-state index in [1.807, 2.05) is 62.9 Å². The molecule has 16 heteroatoms. The zero-order valence-electron chi connectivity index (χ0n) is 34.9. The minimum absolute atomic E-state index is 0.0412. The van der Waals surface area contributed by atoms with Crippen molar-refractivity contribution in [3.05, 3.63) is 77.1 Å². The van der Waals surface area contributed by atoms with Crippen molar-refractivity contribution in [2.45, 2.75) is 98.8 Å². The number of aromatic nitrogens is 3. The van der Waals surface area contributed by atoms with Crippen LogP contribution >= 0.6 is 12.1 Å². The Morgan fingerprint density at radius 3 is 2.19 bits per heavy atom. The second-order valence-corrected chi connectivity index (χ2v) is 19.2. The molecule has 13 nitrogen and oxygen atoms in total. The second-order valence-electron chi connectivity index (χ2n) is 17.4. The molecule has 0 saturated heterocycles. The average molecular weight is 819 g/mol. The molecule has 2 heterocycles. The molecule has 0 spiro atoms. The Hall–Kier alpha value is -5.45. The van der Waals surface area contributed by atoms with E-state index >= 15 is 0 Å². The van der Waals surface area contributed by atoms with Gasteiger partial charge in [0.25, 0.3) is 0 Å². The summed E-state index contributed by atoms with van der Waals surface area (Å²) >= 11 is 4.86. The molecule has 58 heavy (non-hydrogen) atoms. The van der Waals surface area contributed by atoms with Crippen LogP contribution in [0.1, 0.15) is 97.2 Å². The molecule has 0 atom stereocenters. The molecule has 0 unspecified atom stereocenters. The van der Waals surface area contributed by atoms with Crippen molar-refractivity contribution in [1.29, 1.82) is 10.5 Å². The van der Waals surface area contributed by atoms with Crippen molar-refractivity contribution in [1.82, 2.24) is 14.9 Å². The van der Waals surface area contributed by atoms with Gasteiger partial charge < -0.3 is 4.90 Å². The quantitative estimate of drug-likeness (QED) is 0.0870. The van der Waals surface area contributed by atoms with Crippen LogP contribution in [-0.4, -0.2) is 54.2 Å². The van der Waals surface area contributed by atoms with E-state index in [0.29, 0.717) is 65.7 Å². The Labute approximate surface area is 348 Å². The van der Waals surface area contributed by atoms with E-state index in [1.165, 1.54) is 4.79 Å². The second kappa shape index (κ2) is 17.2. The molecule has 0 amide bonds. The van der Waals surface area contributed by atoms with Crippen molar-refractivity contribution in [2.75, 3.05) is 28.2 Å². The molecule has 0 bridgehead atoms. The Balaban J connectivity index is 1.54. The summed E-state index contributed by atoms with van der Waals surface area (Å²) in [6.07, 6.45) is 2.60. The Bertz CT molecular complexity index is 2450. The van der Waals surface area contributed by atoms with Crippen molar-refractivity contribution >= 4 is 62.6 Å². The van der Waals surface area contributed by atoms with Gasteiger partial charge in [0.1, 0.15) is 0 Å². The van der Waals surface area contributed by atoms with Crippen LogP contribution in [0.3, 0.4) is 0 Å². The van der Waals surface area contributed by atoms with Crippen LogP contribution in [0.4, 0.5) is 22.7 Å². The summed E-state index contributed by atoms with van der Waals surface area (Å²) in [6, 6.07) is 20.8. The van der Waals surface area contributed by atoms with Crippen LogP contribution in [-0.2, 0) is 20.2 Å². The number of nitrogens with zero attached hydrogens (tertiary/aromatic N) is 8. The molecule has 2 N–H and O–H groups in total. The van der Waals surface area contributed by atoms with Gasteiger partial charge in [0.15, 0.2) is 0 Å². The van der Waals surface area contributed by atoms with Crippen molar-refractivity contribution < 1.29 is 13.2 Å². The summed E-state index contributed by atoms with van der Waals surface area (Å²) in [4.78, 5) is 13.7. The van der Waals surface area contributed by atoms with Gasteiger partial charge in [-0.3, -0.25) is 0 Å². The monoisotopic (exact) mass is 818 g/mol. The molecule has 1 aromatic heterocycles. The van der Waals surface area contributed by atoms with Crippen molar-refractivity contribution in [2.24, 2.45) is 20.9 Å². The first kappa shape index (κ1) is 43.7. The van der Waals surface area contributed by atoms with Gasteiger partial charge in [-0.25, -0.2) is 0 Å². The molecule has 0 saturated carbocycles. The van der Waals surface area contributed by atoms with Gasteiger partial charge in [0, 0.05) is 18.8 Å². The van der Waals surface area contributed by atoms with E-state index in [0.717, 1.165) is 29.6 Å². The molecule has 0 fully saturated rings. The third-order valence-corrected chi connectivity index (χ3v) is 11.2. The molecule has 302 valence electrons. The van der Waals surface area contributed by atoms with Gasteiger partial charge in [-0.15, -0.1) is 0 Å². The number of rotatable bonds is 15. The van der Waals surface area contributed by atoms with Crippen LogP contribution < -0.4 is 15.1 Å². The number of hydrogen-bond donors (Lipinski definition) is 2. The molecule has 4 aromatic rings. The SMILES string of the molecule is Cc1cc(N(CCC#N)CCC#N)ccc1N=C1C(C(C)(C)C)=Nn2nc(-c3cc(NOB=S)cc(NS(=O)(=O)c4cc(C(C)(C)CC(C)(C)C)ccc4C)c3)nc21. The van der Waals surface area contributed by atoms with Crippen LogP contribution in [0.25, 0.3) is 11.4 Å². The van der Waals surface area contributed by atoms with E-state index in [-0.39, 0.29) is 27.2 Å². The maximum atomic E-state index is 14.1. The number of benzene rings is 3. The van der Waals surface area contributed by atoms with Crippen LogP contribution in [0, 0.1) is 47.3 Å². The summed E-state index contributed by atoms with van der Waals surface area (Å²) in [6.45, 7) is 21.7. The number of aryl methyl sites for hydroxylation is 2. The fourth-order valence-corrected chi connectivity index (χ4v) is 8.60. The molecule has 5 rings (SSSR count). The zero-order chi connectivity index (χ0) is 42.6. The number of hydrogen-bond acceptors (Lipinski definition) is 12. The molecular weight excluding hydrogens is 767 g/mol. The number of nitrogens with one attached hydrogen (secondary N) is 2. The van der Waals surface area contributed by atoms with E-state index < -0.39 is 15.4 Å². The molecule has 0 radical (unpaired) electrons. The standard InChI is InChI=1S/C42H51BN10O3S2/c1-27-13-14-30(42(9,10)26-40(3,4)5)24-35(27)58(54,55)51-32-23-29(22-31(25-32)50-56-43-57)38-47-39-36(37(41(6,7)8)48-53(39)49-38)46-34-16-15-33(21-28(34)2)52(19-11-17-44)20-12-18-45/h13-16,21-25,50-51H,11-12,19-20,26H2,1-10H3. The number of aliphatic imine (C=N–C) groups is 1. The van der Waals surface area contributed by atoms with Crippen molar-refractivity contribution in [3.8, 4) is 23.5 Å².